The Balaban J connectivity index is 1.96. The summed E-state index contributed by atoms with van der Waals surface area (Å²) in [7, 11) is -3.28. The molecule has 0 N–H and O–H groups in total. The summed E-state index contributed by atoms with van der Waals surface area (Å²) in [6, 6.07) is 7.47. The monoisotopic (exact) mass is 300 g/mol. The molecular weight excluding hydrogens is 292 g/mol. The van der Waals surface area contributed by atoms with Crippen LogP contribution >= 0.6 is 23.4 Å². The zero-order valence-corrected chi connectivity index (χ0v) is 11.6. The van der Waals surface area contributed by atoms with Crippen molar-refractivity contribution in [2.24, 2.45) is 4.40 Å². The van der Waals surface area contributed by atoms with Gasteiger partial charge in [-0.25, -0.2) is 8.42 Å². The molecule has 0 spiro atoms. The van der Waals surface area contributed by atoms with Crippen LogP contribution in [0.5, 0.6) is 0 Å². The minimum atomic E-state index is -3.28. The van der Waals surface area contributed by atoms with Gasteiger partial charge in [-0.2, -0.15) is 0 Å². The van der Waals surface area contributed by atoms with Gasteiger partial charge in [0.1, 0.15) is 0 Å². The molecule has 3 rings (SSSR count). The first-order valence-electron chi connectivity index (χ1n) is 5.28. The molecule has 0 unspecified atom stereocenters. The van der Waals surface area contributed by atoms with Crippen LogP contribution in [0.1, 0.15) is 5.56 Å². The molecule has 0 bridgehead atoms. The molecular formula is C11H9ClN2O2S2. The number of fused-ring (bicyclic) bond motifs is 1. The minimum absolute atomic E-state index is 0.0575. The maximum atomic E-state index is 11.4. The van der Waals surface area contributed by atoms with E-state index in [-0.39, 0.29) is 5.75 Å². The third kappa shape index (κ3) is 2.15. The fraction of sp³-hybridized carbons (Fsp3) is 0.182. The van der Waals surface area contributed by atoms with Gasteiger partial charge in [0.25, 0.3) is 10.0 Å². The summed E-state index contributed by atoms with van der Waals surface area (Å²) in [5.41, 5.74) is 1.99. The Morgan fingerprint density at radius 1 is 1.28 bits per heavy atom. The van der Waals surface area contributed by atoms with Crippen LogP contribution in [0.15, 0.2) is 34.1 Å². The lowest BCUT2D eigenvalue weighted by atomic mass is 10.1. The van der Waals surface area contributed by atoms with Gasteiger partial charge in [0.2, 0.25) is 0 Å². The van der Waals surface area contributed by atoms with E-state index < -0.39 is 10.0 Å². The van der Waals surface area contributed by atoms with Gasteiger partial charge in [0.05, 0.1) is 11.4 Å². The standard InChI is InChI=1S/C11H9ClN2O2S2/c12-9-3-1-8(2-4-9)10-7-17-11-13-18(15,16)6-5-14(10)11/h1-4,7H,5-6H2. The fourth-order valence-corrected chi connectivity index (χ4v) is 4.12. The van der Waals surface area contributed by atoms with E-state index in [0.717, 1.165) is 11.3 Å². The molecule has 0 atom stereocenters. The number of halogens is 1. The van der Waals surface area contributed by atoms with Crippen LogP contribution in [0.25, 0.3) is 5.70 Å². The van der Waals surface area contributed by atoms with Gasteiger partial charge < -0.3 is 4.90 Å². The Hall–Kier alpha value is -0.980. The molecule has 1 aromatic rings. The van der Waals surface area contributed by atoms with Gasteiger partial charge in [-0.05, 0) is 17.7 Å². The number of thioether (sulfide) groups is 1. The van der Waals surface area contributed by atoms with Gasteiger partial charge in [-0.3, -0.25) is 0 Å². The van der Waals surface area contributed by atoms with Crippen molar-refractivity contribution in [2.45, 2.75) is 0 Å². The van der Waals surface area contributed by atoms with Crippen molar-refractivity contribution in [2.75, 3.05) is 12.3 Å². The molecule has 1 aromatic carbocycles. The number of hydrogen-bond acceptors (Lipinski definition) is 4. The second-order valence-corrected chi connectivity index (χ2v) is 6.97. The molecule has 94 valence electrons. The summed E-state index contributed by atoms with van der Waals surface area (Å²) in [4.78, 5) is 1.93. The molecule has 2 aliphatic heterocycles. The lowest BCUT2D eigenvalue weighted by molar-refractivity contribution is 0.567. The highest BCUT2D eigenvalue weighted by Crippen LogP contribution is 2.35. The highest BCUT2D eigenvalue weighted by molar-refractivity contribution is 8.17. The third-order valence-corrected chi connectivity index (χ3v) is 5.11. The van der Waals surface area contributed by atoms with Gasteiger partial charge in [0.15, 0.2) is 5.17 Å². The van der Waals surface area contributed by atoms with Crippen molar-refractivity contribution < 1.29 is 8.42 Å². The first-order chi connectivity index (χ1) is 8.55. The number of nitrogens with zero attached hydrogens (tertiary/aromatic N) is 2. The number of rotatable bonds is 1. The second kappa shape index (κ2) is 4.29. The zero-order chi connectivity index (χ0) is 12.8. The van der Waals surface area contributed by atoms with Gasteiger partial charge in [-0.1, -0.05) is 35.5 Å². The molecule has 0 fully saturated rings. The van der Waals surface area contributed by atoms with E-state index in [2.05, 4.69) is 4.40 Å². The van der Waals surface area contributed by atoms with E-state index in [0.29, 0.717) is 16.7 Å². The highest BCUT2D eigenvalue weighted by Gasteiger charge is 2.31. The third-order valence-electron chi connectivity index (χ3n) is 2.73. The topological polar surface area (TPSA) is 49.7 Å². The Bertz CT molecular complexity index is 650. The molecule has 0 saturated carbocycles. The highest BCUT2D eigenvalue weighted by atomic mass is 35.5. The van der Waals surface area contributed by atoms with Gasteiger partial charge in [0, 0.05) is 17.0 Å². The lowest BCUT2D eigenvalue weighted by Crippen LogP contribution is -2.34. The molecule has 18 heavy (non-hydrogen) atoms. The molecule has 4 nitrogen and oxygen atoms in total. The molecule has 7 heteroatoms. The predicted molar refractivity (Wildman–Crippen MR) is 74.9 cm³/mol. The quantitative estimate of drug-likeness (QED) is 0.799. The Kier molecular flexibility index (Phi) is 2.88. The average Bonchev–Trinajstić information content (AvgIpc) is 2.71. The lowest BCUT2D eigenvalue weighted by Gasteiger charge is -2.25. The molecule has 2 aliphatic rings. The largest absolute Gasteiger partial charge is 0.318 e. The van der Waals surface area contributed by atoms with Crippen molar-refractivity contribution in [1.82, 2.24) is 4.90 Å². The van der Waals surface area contributed by atoms with Crippen LogP contribution in [0.2, 0.25) is 5.02 Å². The normalized spacial score (nSPS) is 21.3. The SMILES string of the molecule is O=S1(=O)CCN2C(c3ccc(Cl)cc3)=CSC2=N1. The van der Waals surface area contributed by atoms with E-state index >= 15 is 0 Å². The van der Waals surface area contributed by atoms with Crippen molar-refractivity contribution in [3.05, 3.63) is 40.3 Å². The predicted octanol–water partition coefficient (Wildman–Crippen LogP) is 2.39. The van der Waals surface area contributed by atoms with Crippen LogP contribution in [-0.4, -0.2) is 30.8 Å². The number of amidine groups is 1. The molecule has 0 amide bonds. The summed E-state index contributed by atoms with van der Waals surface area (Å²) in [5.74, 6) is 0.0575. The van der Waals surface area contributed by atoms with Gasteiger partial charge >= 0.3 is 0 Å². The Labute approximate surface area is 114 Å². The van der Waals surface area contributed by atoms with Crippen molar-refractivity contribution >= 4 is 44.3 Å². The average molecular weight is 301 g/mol. The van der Waals surface area contributed by atoms with Crippen LogP contribution in [0, 0.1) is 0 Å². The molecule has 0 saturated heterocycles. The smallest absolute Gasteiger partial charge is 0.257 e. The Morgan fingerprint density at radius 3 is 2.72 bits per heavy atom. The van der Waals surface area contributed by atoms with E-state index in [9.17, 15) is 8.42 Å². The minimum Gasteiger partial charge on any atom is -0.318 e. The molecule has 0 aliphatic carbocycles. The summed E-state index contributed by atoms with van der Waals surface area (Å²) >= 11 is 7.19. The Morgan fingerprint density at radius 2 is 2.00 bits per heavy atom. The number of hydrogen-bond donors (Lipinski definition) is 0. The van der Waals surface area contributed by atoms with Crippen LogP contribution < -0.4 is 0 Å². The van der Waals surface area contributed by atoms with Crippen LogP contribution in [0.4, 0.5) is 0 Å². The van der Waals surface area contributed by atoms with Crippen molar-refractivity contribution in [3.8, 4) is 0 Å². The zero-order valence-electron chi connectivity index (χ0n) is 9.21. The first-order valence-corrected chi connectivity index (χ1v) is 8.15. The number of benzene rings is 1. The summed E-state index contributed by atoms with van der Waals surface area (Å²) in [5, 5.41) is 3.13. The maximum Gasteiger partial charge on any atom is 0.257 e. The van der Waals surface area contributed by atoms with Crippen molar-refractivity contribution in [1.29, 1.82) is 0 Å². The van der Waals surface area contributed by atoms with E-state index in [1.807, 2.05) is 34.6 Å². The van der Waals surface area contributed by atoms with Crippen molar-refractivity contribution in [3.63, 3.8) is 0 Å². The first kappa shape index (κ1) is 12.1. The van der Waals surface area contributed by atoms with E-state index in [1.54, 1.807) is 0 Å². The summed E-state index contributed by atoms with van der Waals surface area (Å²) in [6.45, 7) is 0.447. The maximum absolute atomic E-state index is 11.4. The number of sulfonamides is 1. The van der Waals surface area contributed by atoms with Crippen LogP contribution in [-0.2, 0) is 10.0 Å². The van der Waals surface area contributed by atoms with Gasteiger partial charge in [-0.15, -0.1) is 4.40 Å². The second-order valence-electron chi connectivity index (χ2n) is 3.94. The fourth-order valence-electron chi connectivity index (χ4n) is 1.84. The molecule has 2 heterocycles. The molecule has 0 radical (unpaired) electrons. The van der Waals surface area contributed by atoms with E-state index in [4.69, 9.17) is 11.6 Å². The van der Waals surface area contributed by atoms with Crippen LogP contribution in [0.3, 0.4) is 0 Å². The summed E-state index contributed by atoms with van der Waals surface area (Å²) in [6.07, 6.45) is 0. The summed E-state index contributed by atoms with van der Waals surface area (Å²) < 4.78 is 26.6. The van der Waals surface area contributed by atoms with E-state index in [1.165, 1.54) is 11.8 Å². The molecule has 0 aromatic heterocycles.